The molecule has 692 valence electrons. The van der Waals surface area contributed by atoms with E-state index in [2.05, 4.69) is 118 Å². The minimum atomic E-state index is -0.448. The first-order valence-electron chi connectivity index (χ1n) is 52.7. The van der Waals surface area contributed by atoms with E-state index in [4.69, 9.17) is 37.9 Å². The molecule has 22 fully saturated rings. The number of fused-ring (bicyclic) bond motifs is 26. The van der Waals surface area contributed by atoms with Gasteiger partial charge in [0.2, 0.25) is 0 Å². The summed E-state index contributed by atoms with van der Waals surface area (Å²) in [6.45, 7) is 49.4. The highest BCUT2D eigenvalue weighted by molar-refractivity contribution is 5.87. The first kappa shape index (κ1) is 89.9. The summed E-state index contributed by atoms with van der Waals surface area (Å²) in [6, 6.07) is 0. The van der Waals surface area contributed by atoms with E-state index >= 15 is 0 Å². The fourth-order valence-electron chi connectivity index (χ4n) is 39.7. The van der Waals surface area contributed by atoms with E-state index in [1.165, 1.54) is 116 Å². The van der Waals surface area contributed by atoms with Crippen LogP contribution in [0.15, 0.2) is 0 Å². The third kappa shape index (κ3) is 13.7. The van der Waals surface area contributed by atoms with Gasteiger partial charge in [0.1, 0.15) is 29.6 Å². The molecule has 6 aliphatic heterocycles. The third-order valence-electron chi connectivity index (χ3n) is 46.9. The molecule has 6 saturated heterocycles. The maximum Gasteiger partial charge on any atom is 0.302 e. The summed E-state index contributed by atoms with van der Waals surface area (Å²) in [6.07, 6.45) is 41.3. The molecule has 16 saturated carbocycles. The van der Waals surface area contributed by atoms with Gasteiger partial charge in [-0.25, -0.2) is 0 Å². The summed E-state index contributed by atoms with van der Waals surface area (Å²) in [5, 5.41) is 10.3. The molecule has 14 nitrogen and oxygen atoms in total. The van der Waals surface area contributed by atoms with E-state index in [1.54, 1.807) is 13.8 Å². The molecular weight excluding hydrogens is 1530 g/mol. The average Bonchev–Trinajstić information content (AvgIpc) is 1.54. The van der Waals surface area contributed by atoms with E-state index in [0.717, 1.165) is 194 Å². The second kappa shape index (κ2) is 31.9. The second-order valence-electron chi connectivity index (χ2n) is 51.4. The van der Waals surface area contributed by atoms with Crippen LogP contribution in [0.5, 0.6) is 0 Å². The van der Waals surface area contributed by atoms with Crippen molar-refractivity contribution in [1.29, 1.82) is 0 Å². The van der Waals surface area contributed by atoms with Crippen molar-refractivity contribution in [2.75, 3.05) is 19.8 Å². The van der Waals surface area contributed by atoms with Crippen LogP contribution in [0.4, 0.5) is 0 Å². The number of hydrogen-bond acceptors (Lipinski definition) is 14. The Morgan fingerprint density at radius 1 is 0.358 bits per heavy atom. The van der Waals surface area contributed by atoms with Gasteiger partial charge >= 0.3 is 11.9 Å². The van der Waals surface area contributed by atoms with Gasteiger partial charge < -0.3 is 43.0 Å². The molecule has 46 atom stereocenters. The Kier molecular flexibility index (Phi) is 23.3. The van der Waals surface area contributed by atoms with Crippen molar-refractivity contribution >= 4 is 29.3 Å². The minimum Gasteiger partial charge on any atom is -0.463 e. The Hall–Kier alpha value is -2.33. The molecule has 16 aliphatic carbocycles. The lowest BCUT2D eigenvalue weighted by atomic mass is 9.42. The predicted molar refractivity (Wildman–Crippen MR) is 477 cm³/mol. The second-order valence-corrected chi connectivity index (χ2v) is 51.4. The number of hydrogen-bond donors (Lipinski definition) is 1. The summed E-state index contributed by atoms with van der Waals surface area (Å²) < 4.78 is 51.4. The maximum atomic E-state index is 14.0. The Balaban J connectivity index is 0.000000108. The van der Waals surface area contributed by atoms with Crippen LogP contribution < -0.4 is 0 Å². The van der Waals surface area contributed by atoms with Crippen LogP contribution in [0.3, 0.4) is 0 Å². The smallest absolute Gasteiger partial charge is 0.302 e. The summed E-state index contributed by atoms with van der Waals surface area (Å²) >= 11 is 0. The van der Waals surface area contributed by atoms with Crippen LogP contribution >= 0.6 is 0 Å². The third-order valence-corrected chi connectivity index (χ3v) is 46.9. The normalized spacial score (nSPS) is 58.2. The zero-order valence-corrected chi connectivity index (χ0v) is 80.8. The van der Waals surface area contributed by atoms with Gasteiger partial charge in [0, 0.05) is 87.4 Å². The van der Waals surface area contributed by atoms with Crippen molar-refractivity contribution in [2.45, 2.75) is 417 Å². The highest BCUT2D eigenvalue weighted by atomic mass is 16.7. The molecule has 22 rings (SSSR count). The first-order chi connectivity index (χ1) is 58.1. The molecular formula is C109H172O14. The van der Waals surface area contributed by atoms with Crippen LogP contribution in [0.1, 0.15) is 363 Å². The van der Waals surface area contributed by atoms with Gasteiger partial charge in [-0.15, -0.1) is 0 Å². The van der Waals surface area contributed by atoms with Gasteiger partial charge in [0.15, 0.2) is 17.4 Å². The van der Waals surface area contributed by atoms with Crippen LogP contribution in [0.2, 0.25) is 0 Å². The van der Waals surface area contributed by atoms with E-state index in [-0.39, 0.29) is 76.0 Å². The van der Waals surface area contributed by atoms with E-state index < -0.39 is 5.79 Å². The molecule has 0 aromatic rings. The van der Waals surface area contributed by atoms with Gasteiger partial charge in [0.05, 0.1) is 44.2 Å². The molecule has 0 bridgehead atoms. The number of aliphatic hydroxyl groups is 1. The fourth-order valence-corrected chi connectivity index (χ4v) is 39.7. The largest absolute Gasteiger partial charge is 0.463 e. The molecule has 123 heavy (non-hydrogen) atoms. The van der Waals surface area contributed by atoms with Crippen molar-refractivity contribution < 1.29 is 67.0 Å². The van der Waals surface area contributed by atoms with Crippen molar-refractivity contribution in [3.63, 3.8) is 0 Å². The lowest BCUT2D eigenvalue weighted by Gasteiger charge is -2.63. The van der Waals surface area contributed by atoms with Crippen molar-refractivity contribution in [3.8, 4) is 0 Å². The molecule has 0 amide bonds. The molecule has 6 heterocycles. The van der Waals surface area contributed by atoms with Crippen LogP contribution in [0, 0.1) is 215 Å². The lowest BCUT2D eigenvalue weighted by molar-refractivity contribution is -0.274. The molecule has 0 aromatic heterocycles. The first-order valence-corrected chi connectivity index (χ1v) is 52.7. The van der Waals surface area contributed by atoms with E-state index in [0.29, 0.717) is 151 Å². The average molecular weight is 1710 g/mol. The predicted octanol–water partition coefficient (Wildman–Crippen LogP) is 23.2. The number of Topliss-reactive ketones (excluding diaryl/α,β-unsaturated/α-hetero) is 3. The Morgan fingerprint density at radius 2 is 0.740 bits per heavy atom. The number of ether oxygens (including phenoxy) is 8. The molecule has 1 N–H and O–H groups in total. The molecule has 3 spiro atoms. The zero-order valence-electron chi connectivity index (χ0n) is 80.8. The molecule has 0 aromatic carbocycles. The van der Waals surface area contributed by atoms with E-state index in [1.807, 2.05) is 6.92 Å². The number of esters is 2. The van der Waals surface area contributed by atoms with Gasteiger partial charge in [-0.1, -0.05) is 118 Å². The number of aliphatic hydroxyl groups excluding tert-OH is 1. The standard InChI is InChI=1S/C30H48O4.C28H44O3.C27H42O4.C24H38O3/c1-17-9-12-30(32-16-17)19(3)27-26(34-30)15-25-23-8-7-21-14-22(33-20(4)31)10-11-28(21,5)24(23)13-18(2)29(25,27)6;1-16-8-11-28(30-15-16)18(3)25-24(31-28)14-23-21-7-6-19-13-20(29)9-10-26(19,4)22(21)12-17(2)27(23,25)5;1-15-7-10-27(30-14-15)16(2)24-22(31-27)12-21-19-6-5-17-11-18(28)8-9-25(17,3)20(19)13-23(29)26(21,24)4;1-14-12-22-19(21-9-8-20(15(2)25)24(14,21)5)7-6-17-13-18(27-16(3)26)10-11-23(17,22)4/h17-19,21-27H,7-16H2,1-6H3;16-19,21-25H,6-15H2,1-5H3;15-22,24,28H,5-14H2,1-4H3;14,17-22H,6-13H2,1-5H3/t17?,18-,19-,21+,22+,23?,24?,25?,26?,27?,28-,29-,30?;16?,17-,18-,19+,21?,22?,23?,24?,25?,26-,27-,28?;15?,16-,17-,18+,19?,20?,21?,22?,24?,25-,26+,27?;14-,17+,18+,19?,20?,21?,22?,23-,24+/m0000/s1. The SMILES string of the molecule is CC(=O)O[C@@H]1CC[C@]2(C)C3C[C@H](C)[C@@]4(C)C(CC5OC6(CCC(C)CO6)[C@@H](C)C54)C3CC[C@@H]2C1.CC(=O)O[C@@H]1CC[C@]2(C)C3C[C@H](C)[C@]4(C)C(C(C)=O)CCC4C3CC[C@@H]2C1.CC1CCC2(OC1)OC1CC3C4CC[C@@H]5CC(=O)CC[C@]5(C)C4C[C@H](C)[C@]3(C)C1[C@@H]2C.CC1CCC2(OC1)OC1CC3C4CC[C@H]5C[C@H](O)CC[C@]5(C)C4CC(=O)[C@]3(C)C1[C@@H]2C. The molecule has 0 radical (unpaired) electrons. The van der Waals surface area contributed by atoms with E-state index in [9.17, 15) is 29.1 Å². The minimum absolute atomic E-state index is 0.106. The van der Waals surface area contributed by atoms with Crippen molar-refractivity contribution in [2.24, 2.45) is 215 Å². The van der Waals surface area contributed by atoms with Gasteiger partial charge in [-0.3, -0.25) is 24.0 Å². The lowest BCUT2D eigenvalue weighted by Crippen LogP contribution is -2.58. The number of carbonyl (C=O) groups excluding carboxylic acids is 5. The number of ketones is 3. The summed E-state index contributed by atoms with van der Waals surface area (Å²) in [4.78, 5) is 61.6. The summed E-state index contributed by atoms with van der Waals surface area (Å²) in [7, 11) is 0. The van der Waals surface area contributed by atoms with Crippen LogP contribution in [-0.2, 0) is 61.9 Å². The quantitative estimate of drug-likeness (QED) is 0.264. The highest BCUT2D eigenvalue weighted by Crippen LogP contribution is 2.78. The van der Waals surface area contributed by atoms with Gasteiger partial charge in [-0.2, -0.15) is 0 Å². The summed E-state index contributed by atoms with van der Waals surface area (Å²) in [5.74, 6) is 18.7. The number of rotatable bonds is 3. The van der Waals surface area contributed by atoms with Gasteiger partial charge in [0.25, 0.3) is 0 Å². The molecule has 22 aliphatic rings. The zero-order chi connectivity index (χ0) is 87.1. The Morgan fingerprint density at radius 3 is 1.18 bits per heavy atom. The van der Waals surface area contributed by atoms with Crippen molar-refractivity contribution in [3.05, 3.63) is 0 Å². The van der Waals surface area contributed by atoms with Gasteiger partial charge in [-0.05, 0) is 373 Å². The Labute approximate surface area is 744 Å². The fraction of sp³-hybridized carbons (Fsp3) is 0.954. The van der Waals surface area contributed by atoms with Crippen LogP contribution in [0.25, 0.3) is 0 Å². The van der Waals surface area contributed by atoms with Crippen molar-refractivity contribution in [1.82, 2.24) is 0 Å². The maximum absolute atomic E-state index is 14.0. The summed E-state index contributed by atoms with van der Waals surface area (Å²) in [5.41, 5.74) is 2.11. The Bertz CT molecular complexity index is 3940. The monoisotopic (exact) mass is 1710 g/mol. The molecule has 14 heteroatoms. The number of carbonyl (C=O) groups is 5. The topological polar surface area (TPSA) is 179 Å². The highest BCUT2D eigenvalue weighted by Gasteiger charge is 2.76. The van der Waals surface area contributed by atoms with Crippen LogP contribution in [-0.4, -0.2) is 108 Å². The molecule has 25 unspecified atom stereocenters.